The fourth-order valence-corrected chi connectivity index (χ4v) is 1.94. The van der Waals surface area contributed by atoms with Gasteiger partial charge in [-0.25, -0.2) is 0 Å². The molecule has 0 saturated heterocycles. The van der Waals surface area contributed by atoms with Gasteiger partial charge in [-0.2, -0.15) is 0 Å². The molecule has 5 nitrogen and oxygen atoms in total. The van der Waals surface area contributed by atoms with Crippen molar-refractivity contribution in [2.45, 2.75) is 0 Å². The first-order chi connectivity index (χ1) is 8.20. The van der Waals surface area contributed by atoms with Crippen molar-refractivity contribution in [3.8, 4) is 11.5 Å². The van der Waals surface area contributed by atoms with Gasteiger partial charge in [0.25, 0.3) is 0 Å². The second-order valence-electron chi connectivity index (χ2n) is 3.55. The van der Waals surface area contributed by atoms with Crippen LogP contribution in [0.3, 0.4) is 0 Å². The standard InChI is InChI=1S/C11H13BrN2O3/c1-13-6-11(15)14-8-5-10-9(4-7(8)12)16-2-3-17-10/h4-5,13H,2-3,6H2,1H3,(H,14,15). The van der Waals surface area contributed by atoms with Crippen LogP contribution in [0.1, 0.15) is 0 Å². The van der Waals surface area contributed by atoms with Crippen molar-refractivity contribution in [3.63, 3.8) is 0 Å². The third kappa shape index (κ3) is 2.89. The molecule has 17 heavy (non-hydrogen) atoms. The van der Waals surface area contributed by atoms with Crippen LogP contribution in [-0.4, -0.2) is 32.7 Å². The van der Waals surface area contributed by atoms with Crippen LogP contribution in [0.4, 0.5) is 5.69 Å². The molecule has 1 heterocycles. The Morgan fingerprint density at radius 3 is 2.65 bits per heavy atom. The van der Waals surface area contributed by atoms with Crippen molar-refractivity contribution in [1.82, 2.24) is 5.32 Å². The van der Waals surface area contributed by atoms with E-state index in [1.165, 1.54) is 0 Å². The van der Waals surface area contributed by atoms with E-state index >= 15 is 0 Å². The first-order valence-electron chi connectivity index (χ1n) is 5.24. The van der Waals surface area contributed by atoms with Gasteiger partial charge in [-0.05, 0) is 23.0 Å². The molecular weight excluding hydrogens is 288 g/mol. The summed E-state index contributed by atoms with van der Waals surface area (Å²) in [7, 11) is 1.72. The van der Waals surface area contributed by atoms with Crippen molar-refractivity contribution in [1.29, 1.82) is 0 Å². The molecule has 0 aliphatic carbocycles. The maximum atomic E-state index is 11.5. The molecule has 1 aromatic rings. The topological polar surface area (TPSA) is 59.6 Å². The van der Waals surface area contributed by atoms with Gasteiger partial charge in [-0.1, -0.05) is 0 Å². The molecule has 0 spiro atoms. The predicted molar refractivity (Wildman–Crippen MR) is 67.7 cm³/mol. The summed E-state index contributed by atoms with van der Waals surface area (Å²) in [6.07, 6.45) is 0. The summed E-state index contributed by atoms with van der Waals surface area (Å²) in [6.45, 7) is 1.34. The van der Waals surface area contributed by atoms with Crippen LogP contribution < -0.4 is 20.1 Å². The zero-order valence-corrected chi connectivity index (χ0v) is 11.0. The Kier molecular flexibility index (Phi) is 3.86. The molecule has 0 radical (unpaired) electrons. The molecule has 0 fully saturated rings. The lowest BCUT2D eigenvalue weighted by atomic mass is 10.2. The second kappa shape index (κ2) is 5.37. The molecular formula is C11H13BrN2O3. The minimum absolute atomic E-state index is 0.107. The van der Waals surface area contributed by atoms with Gasteiger partial charge in [0, 0.05) is 16.6 Å². The number of nitrogens with one attached hydrogen (secondary N) is 2. The molecule has 1 aliphatic rings. The summed E-state index contributed by atoms with van der Waals surface area (Å²) in [5, 5.41) is 5.56. The number of carbonyl (C=O) groups excluding carboxylic acids is 1. The molecule has 1 amide bonds. The first-order valence-corrected chi connectivity index (χ1v) is 6.03. The highest BCUT2D eigenvalue weighted by Gasteiger charge is 2.15. The molecule has 1 aromatic carbocycles. The van der Waals surface area contributed by atoms with E-state index in [2.05, 4.69) is 26.6 Å². The van der Waals surface area contributed by atoms with E-state index in [1.54, 1.807) is 19.2 Å². The van der Waals surface area contributed by atoms with Gasteiger partial charge in [-0.15, -0.1) is 0 Å². The minimum atomic E-state index is -0.107. The van der Waals surface area contributed by atoms with Crippen LogP contribution >= 0.6 is 15.9 Å². The van der Waals surface area contributed by atoms with E-state index in [1.807, 2.05) is 0 Å². The first kappa shape index (κ1) is 12.2. The van der Waals surface area contributed by atoms with Crippen LogP contribution in [0.5, 0.6) is 11.5 Å². The number of ether oxygens (including phenoxy) is 2. The predicted octanol–water partition coefficient (Wildman–Crippen LogP) is 1.38. The fourth-order valence-electron chi connectivity index (χ4n) is 1.51. The number of amides is 1. The van der Waals surface area contributed by atoms with Gasteiger partial charge in [-0.3, -0.25) is 4.79 Å². The molecule has 6 heteroatoms. The van der Waals surface area contributed by atoms with Crippen molar-refractivity contribution >= 4 is 27.5 Å². The Hall–Kier alpha value is -1.27. The minimum Gasteiger partial charge on any atom is -0.486 e. The molecule has 1 aliphatic heterocycles. The van der Waals surface area contributed by atoms with E-state index in [9.17, 15) is 4.79 Å². The van der Waals surface area contributed by atoms with Crippen molar-refractivity contribution in [2.24, 2.45) is 0 Å². The number of rotatable bonds is 3. The number of hydrogen-bond donors (Lipinski definition) is 2. The number of anilines is 1. The molecule has 0 atom stereocenters. The second-order valence-corrected chi connectivity index (χ2v) is 4.41. The monoisotopic (exact) mass is 300 g/mol. The third-order valence-electron chi connectivity index (χ3n) is 2.24. The highest BCUT2D eigenvalue weighted by molar-refractivity contribution is 9.10. The Bertz CT molecular complexity index is 437. The molecule has 0 saturated carbocycles. The lowest BCUT2D eigenvalue weighted by molar-refractivity contribution is -0.115. The average Bonchev–Trinajstić information content (AvgIpc) is 2.30. The number of hydrogen-bond acceptors (Lipinski definition) is 4. The zero-order chi connectivity index (χ0) is 12.3. The van der Waals surface area contributed by atoms with Crippen LogP contribution in [-0.2, 0) is 4.79 Å². The van der Waals surface area contributed by atoms with E-state index in [-0.39, 0.29) is 12.5 Å². The Morgan fingerprint density at radius 2 is 2.00 bits per heavy atom. The number of carbonyl (C=O) groups is 1. The molecule has 92 valence electrons. The number of likely N-dealkylation sites (N-methyl/N-ethyl adjacent to an activating group) is 1. The van der Waals surface area contributed by atoms with E-state index in [0.29, 0.717) is 30.4 Å². The molecule has 2 N–H and O–H groups in total. The highest BCUT2D eigenvalue weighted by Crippen LogP contribution is 2.37. The third-order valence-corrected chi connectivity index (χ3v) is 2.90. The van der Waals surface area contributed by atoms with E-state index in [4.69, 9.17) is 9.47 Å². The van der Waals surface area contributed by atoms with Gasteiger partial charge >= 0.3 is 0 Å². The van der Waals surface area contributed by atoms with E-state index in [0.717, 1.165) is 4.47 Å². The number of benzene rings is 1. The Morgan fingerprint density at radius 1 is 1.35 bits per heavy atom. The lowest BCUT2D eigenvalue weighted by Crippen LogP contribution is -2.25. The Labute approximate surface area is 108 Å². The summed E-state index contributed by atoms with van der Waals surface area (Å²) in [4.78, 5) is 11.5. The quantitative estimate of drug-likeness (QED) is 0.885. The normalized spacial score (nSPS) is 13.3. The summed E-state index contributed by atoms with van der Waals surface area (Å²) >= 11 is 3.38. The van der Waals surface area contributed by atoms with Crippen LogP contribution in [0.2, 0.25) is 0 Å². The molecule has 0 unspecified atom stereocenters. The highest BCUT2D eigenvalue weighted by atomic mass is 79.9. The van der Waals surface area contributed by atoms with Gasteiger partial charge < -0.3 is 20.1 Å². The smallest absolute Gasteiger partial charge is 0.238 e. The van der Waals surface area contributed by atoms with Gasteiger partial charge in [0.15, 0.2) is 11.5 Å². The largest absolute Gasteiger partial charge is 0.486 e. The van der Waals surface area contributed by atoms with Crippen molar-refractivity contribution in [2.75, 3.05) is 32.1 Å². The zero-order valence-electron chi connectivity index (χ0n) is 9.38. The summed E-state index contributed by atoms with van der Waals surface area (Å²) < 4.78 is 11.6. The maximum Gasteiger partial charge on any atom is 0.238 e. The van der Waals surface area contributed by atoms with Gasteiger partial charge in [0.1, 0.15) is 13.2 Å². The summed E-state index contributed by atoms with van der Waals surface area (Å²) in [6, 6.07) is 3.55. The molecule has 2 rings (SSSR count). The average molecular weight is 301 g/mol. The van der Waals surface area contributed by atoms with Crippen LogP contribution in [0.15, 0.2) is 16.6 Å². The number of halogens is 1. The van der Waals surface area contributed by atoms with Gasteiger partial charge in [0.2, 0.25) is 5.91 Å². The van der Waals surface area contributed by atoms with Crippen LogP contribution in [0, 0.1) is 0 Å². The van der Waals surface area contributed by atoms with Crippen molar-refractivity contribution in [3.05, 3.63) is 16.6 Å². The number of fused-ring (bicyclic) bond motifs is 1. The van der Waals surface area contributed by atoms with Crippen molar-refractivity contribution < 1.29 is 14.3 Å². The maximum absolute atomic E-state index is 11.5. The van der Waals surface area contributed by atoms with Gasteiger partial charge in [0.05, 0.1) is 12.2 Å². The Balaban J connectivity index is 2.19. The fraction of sp³-hybridized carbons (Fsp3) is 0.364. The SMILES string of the molecule is CNCC(=O)Nc1cc2c(cc1Br)OCCO2. The molecule has 0 bridgehead atoms. The summed E-state index contributed by atoms with van der Waals surface area (Å²) in [5.74, 6) is 1.24. The summed E-state index contributed by atoms with van der Waals surface area (Å²) in [5.41, 5.74) is 0.675. The van der Waals surface area contributed by atoms with Crippen LogP contribution in [0.25, 0.3) is 0 Å². The molecule has 0 aromatic heterocycles. The lowest BCUT2D eigenvalue weighted by Gasteiger charge is -2.20. The van der Waals surface area contributed by atoms with E-state index < -0.39 is 0 Å².